The molecule has 0 bridgehead atoms. The van der Waals surface area contributed by atoms with Gasteiger partial charge in [-0.2, -0.15) is 0 Å². The SMILES string of the molecule is CC(CCN1CCC(OC(c2ccccc2)c2ccccc2)CC1)C(=O)O. The van der Waals surface area contributed by atoms with Gasteiger partial charge in [0, 0.05) is 13.1 Å². The molecular formula is C23H29NO3. The van der Waals surface area contributed by atoms with Crippen molar-refractivity contribution < 1.29 is 14.6 Å². The topological polar surface area (TPSA) is 49.8 Å². The Morgan fingerprint density at radius 3 is 2.04 bits per heavy atom. The lowest BCUT2D eigenvalue weighted by molar-refractivity contribution is -0.141. The summed E-state index contributed by atoms with van der Waals surface area (Å²) in [7, 11) is 0. The molecule has 1 fully saturated rings. The van der Waals surface area contributed by atoms with Crippen molar-refractivity contribution in [1.82, 2.24) is 4.90 Å². The van der Waals surface area contributed by atoms with E-state index in [0.717, 1.165) is 32.5 Å². The van der Waals surface area contributed by atoms with E-state index in [9.17, 15) is 4.79 Å². The Kier molecular flexibility index (Phi) is 7.02. The van der Waals surface area contributed by atoms with Crippen molar-refractivity contribution in [1.29, 1.82) is 0 Å². The van der Waals surface area contributed by atoms with Gasteiger partial charge in [-0.25, -0.2) is 0 Å². The molecule has 0 saturated carbocycles. The maximum Gasteiger partial charge on any atom is 0.306 e. The van der Waals surface area contributed by atoms with Crippen LogP contribution in [-0.4, -0.2) is 41.7 Å². The van der Waals surface area contributed by atoms with Crippen LogP contribution in [-0.2, 0) is 9.53 Å². The second-order valence-corrected chi connectivity index (χ2v) is 7.41. The van der Waals surface area contributed by atoms with Gasteiger partial charge < -0.3 is 14.7 Å². The quantitative estimate of drug-likeness (QED) is 0.753. The third kappa shape index (κ3) is 5.65. The zero-order valence-electron chi connectivity index (χ0n) is 16.0. The van der Waals surface area contributed by atoms with E-state index in [1.165, 1.54) is 11.1 Å². The lowest BCUT2D eigenvalue weighted by Gasteiger charge is -2.34. The summed E-state index contributed by atoms with van der Waals surface area (Å²) in [5.41, 5.74) is 2.36. The van der Waals surface area contributed by atoms with Gasteiger partial charge in [0.25, 0.3) is 0 Å². The molecule has 1 heterocycles. The minimum atomic E-state index is -0.707. The molecule has 144 valence electrons. The molecule has 1 saturated heterocycles. The number of ether oxygens (including phenoxy) is 1. The van der Waals surface area contributed by atoms with Crippen LogP contribution in [0.1, 0.15) is 43.4 Å². The monoisotopic (exact) mass is 367 g/mol. The summed E-state index contributed by atoms with van der Waals surface area (Å²) in [5, 5.41) is 9.03. The minimum absolute atomic E-state index is 0.0454. The number of hydrogen-bond donors (Lipinski definition) is 1. The molecule has 0 spiro atoms. The Balaban J connectivity index is 1.57. The van der Waals surface area contributed by atoms with Crippen LogP contribution in [0, 0.1) is 5.92 Å². The Hall–Kier alpha value is -2.17. The second kappa shape index (κ2) is 9.67. The number of likely N-dealkylation sites (tertiary alicyclic amines) is 1. The number of carboxylic acids is 1. The van der Waals surface area contributed by atoms with E-state index in [1.54, 1.807) is 6.92 Å². The van der Waals surface area contributed by atoms with Gasteiger partial charge in [0.1, 0.15) is 6.10 Å². The molecule has 2 aromatic rings. The molecule has 0 amide bonds. The second-order valence-electron chi connectivity index (χ2n) is 7.41. The van der Waals surface area contributed by atoms with Crippen molar-refractivity contribution in [2.75, 3.05) is 19.6 Å². The predicted octanol–water partition coefficient (Wildman–Crippen LogP) is 4.37. The van der Waals surface area contributed by atoms with E-state index >= 15 is 0 Å². The van der Waals surface area contributed by atoms with Gasteiger partial charge in [0.2, 0.25) is 0 Å². The van der Waals surface area contributed by atoms with E-state index in [-0.39, 0.29) is 18.1 Å². The van der Waals surface area contributed by atoms with E-state index in [2.05, 4.69) is 53.4 Å². The van der Waals surface area contributed by atoms with Crippen molar-refractivity contribution in [3.8, 4) is 0 Å². The number of carboxylic acid groups (broad SMARTS) is 1. The van der Waals surface area contributed by atoms with Crippen LogP contribution in [0.2, 0.25) is 0 Å². The lowest BCUT2D eigenvalue weighted by Crippen LogP contribution is -2.38. The molecule has 4 heteroatoms. The molecule has 0 aliphatic carbocycles. The summed E-state index contributed by atoms with van der Waals surface area (Å²) in [5.74, 6) is -0.985. The number of rotatable bonds is 8. The molecule has 1 aliphatic heterocycles. The third-order valence-electron chi connectivity index (χ3n) is 5.37. The molecule has 1 N–H and O–H groups in total. The first-order valence-corrected chi connectivity index (χ1v) is 9.84. The van der Waals surface area contributed by atoms with Crippen molar-refractivity contribution >= 4 is 5.97 Å². The number of piperidine rings is 1. The Bertz CT molecular complexity index is 657. The summed E-state index contributed by atoms with van der Waals surface area (Å²) in [6, 6.07) is 20.8. The molecule has 27 heavy (non-hydrogen) atoms. The van der Waals surface area contributed by atoms with Gasteiger partial charge in [-0.15, -0.1) is 0 Å². The molecular weight excluding hydrogens is 338 g/mol. The van der Waals surface area contributed by atoms with E-state index in [4.69, 9.17) is 9.84 Å². The molecule has 1 atom stereocenters. The molecule has 3 rings (SSSR count). The highest BCUT2D eigenvalue weighted by atomic mass is 16.5. The maximum absolute atomic E-state index is 11.0. The molecule has 2 aromatic carbocycles. The fourth-order valence-electron chi connectivity index (χ4n) is 3.57. The normalized spacial score (nSPS) is 17.1. The summed E-state index contributed by atoms with van der Waals surface area (Å²) < 4.78 is 6.55. The van der Waals surface area contributed by atoms with Crippen molar-refractivity contribution in [3.05, 3.63) is 71.8 Å². The van der Waals surface area contributed by atoms with Gasteiger partial charge in [0.05, 0.1) is 12.0 Å². The van der Waals surface area contributed by atoms with Gasteiger partial charge >= 0.3 is 5.97 Å². The first-order valence-electron chi connectivity index (χ1n) is 9.84. The summed E-state index contributed by atoms with van der Waals surface area (Å²) in [4.78, 5) is 13.3. The fourth-order valence-corrected chi connectivity index (χ4v) is 3.57. The van der Waals surface area contributed by atoms with Crippen LogP contribution in [0.4, 0.5) is 0 Å². The molecule has 1 aliphatic rings. The zero-order valence-corrected chi connectivity index (χ0v) is 16.0. The van der Waals surface area contributed by atoms with Crippen molar-refractivity contribution in [2.24, 2.45) is 5.92 Å². The van der Waals surface area contributed by atoms with Crippen LogP contribution < -0.4 is 0 Å². The van der Waals surface area contributed by atoms with Crippen LogP contribution in [0.15, 0.2) is 60.7 Å². The molecule has 0 aromatic heterocycles. The first kappa shape index (κ1) is 19.6. The van der Waals surface area contributed by atoms with E-state index < -0.39 is 5.97 Å². The van der Waals surface area contributed by atoms with Gasteiger partial charge in [0.15, 0.2) is 0 Å². The van der Waals surface area contributed by atoms with E-state index in [0.29, 0.717) is 6.42 Å². The Morgan fingerprint density at radius 1 is 1.04 bits per heavy atom. The number of nitrogens with zero attached hydrogens (tertiary/aromatic N) is 1. The average Bonchev–Trinajstić information content (AvgIpc) is 2.72. The van der Waals surface area contributed by atoms with Gasteiger partial charge in [-0.05, 0) is 36.9 Å². The minimum Gasteiger partial charge on any atom is -0.481 e. The summed E-state index contributed by atoms with van der Waals surface area (Å²) >= 11 is 0. The fraction of sp³-hybridized carbons (Fsp3) is 0.435. The number of benzene rings is 2. The average molecular weight is 367 g/mol. The highest BCUT2D eigenvalue weighted by molar-refractivity contribution is 5.69. The largest absolute Gasteiger partial charge is 0.481 e. The molecule has 0 radical (unpaired) electrons. The van der Waals surface area contributed by atoms with Crippen molar-refractivity contribution in [2.45, 2.75) is 38.4 Å². The Morgan fingerprint density at radius 2 is 1.56 bits per heavy atom. The van der Waals surface area contributed by atoms with Gasteiger partial charge in [-0.1, -0.05) is 67.6 Å². The molecule has 1 unspecified atom stereocenters. The lowest BCUT2D eigenvalue weighted by atomic mass is 10.00. The smallest absolute Gasteiger partial charge is 0.306 e. The summed E-state index contributed by atoms with van der Waals surface area (Å²) in [6.45, 7) is 4.56. The van der Waals surface area contributed by atoms with Crippen LogP contribution in [0.5, 0.6) is 0 Å². The first-order chi connectivity index (χ1) is 13.1. The number of aliphatic carboxylic acids is 1. The van der Waals surface area contributed by atoms with E-state index in [1.807, 2.05) is 12.1 Å². The van der Waals surface area contributed by atoms with Crippen LogP contribution in [0.3, 0.4) is 0 Å². The van der Waals surface area contributed by atoms with Crippen LogP contribution in [0.25, 0.3) is 0 Å². The Labute approximate surface area is 161 Å². The third-order valence-corrected chi connectivity index (χ3v) is 5.37. The standard InChI is InChI=1S/C23H29NO3/c1-18(23(25)26)12-15-24-16-13-21(14-17-24)27-22(19-8-4-2-5-9-19)20-10-6-3-7-11-20/h2-11,18,21-22H,12-17H2,1H3,(H,25,26). The highest BCUT2D eigenvalue weighted by Crippen LogP contribution is 2.30. The number of hydrogen-bond acceptors (Lipinski definition) is 3. The van der Waals surface area contributed by atoms with Gasteiger partial charge in [-0.3, -0.25) is 4.79 Å². The number of carbonyl (C=O) groups is 1. The maximum atomic E-state index is 11.0. The highest BCUT2D eigenvalue weighted by Gasteiger charge is 2.25. The van der Waals surface area contributed by atoms with Crippen molar-refractivity contribution in [3.63, 3.8) is 0 Å². The molecule has 4 nitrogen and oxygen atoms in total. The van der Waals surface area contributed by atoms with Crippen LogP contribution >= 0.6 is 0 Å². The predicted molar refractivity (Wildman–Crippen MR) is 107 cm³/mol. The zero-order chi connectivity index (χ0) is 19.1. The summed E-state index contributed by atoms with van der Waals surface area (Å²) in [6.07, 6.45) is 2.85.